The van der Waals surface area contributed by atoms with E-state index in [0.29, 0.717) is 24.1 Å². The van der Waals surface area contributed by atoms with Crippen molar-refractivity contribution in [1.29, 1.82) is 0 Å². The van der Waals surface area contributed by atoms with Gasteiger partial charge in [-0.3, -0.25) is 0 Å². The van der Waals surface area contributed by atoms with E-state index < -0.39 is 6.10 Å². The molecule has 1 unspecified atom stereocenters. The molecule has 2 aromatic carbocycles. The monoisotopic (exact) mass is 313 g/mol. The molecule has 0 amide bonds. The highest BCUT2D eigenvalue weighted by Crippen LogP contribution is 2.29. The summed E-state index contributed by atoms with van der Waals surface area (Å²) in [6, 6.07) is 14.4. The maximum Gasteiger partial charge on any atom is 0.124 e. The number of aliphatic hydroxyl groups excluding tert-OH is 1. The first kappa shape index (κ1) is 15.8. The first-order valence-electron chi connectivity index (χ1n) is 7.91. The largest absolute Gasteiger partial charge is 0.497 e. The van der Waals surface area contributed by atoms with Crippen LogP contribution in [-0.2, 0) is 12.8 Å². The van der Waals surface area contributed by atoms with E-state index >= 15 is 0 Å². The summed E-state index contributed by atoms with van der Waals surface area (Å²) in [5.74, 6) is 1.39. The molecule has 0 aromatic heterocycles. The third-order valence-electron chi connectivity index (χ3n) is 4.45. The summed E-state index contributed by atoms with van der Waals surface area (Å²) in [6.45, 7) is 0.488. The van der Waals surface area contributed by atoms with Gasteiger partial charge in [-0.1, -0.05) is 24.3 Å². The smallest absolute Gasteiger partial charge is 0.124 e. The number of nitrogens with one attached hydrogen (secondary N) is 1. The second kappa shape index (κ2) is 7.02. The lowest BCUT2D eigenvalue weighted by atomic mass is 10.1. The van der Waals surface area contributed by atoms with Crippen LogP contribution in [0.5, 0.6) is 11.5 Å². The van der Waals surface area contributed by atoms with Crippen LogP contribution < -0.4 is 14.8 Å². The van der Waals surface area contributed by atoms with Crippen LogP contribution in [0.4, 0.5) is 0 Å². The van der Waals surface area contributed by atoms with Crippen molar-refractivity contribution in [2.75, 3.05) is 20.8 Å². The van der Waals surface area contributed by atoms with Crippen LogP contribution in [0.25, 0.3) is 0 Å². The van der Waals surface area contributed by atoms with Gasteiger partial charge in [0, 0.05) is 18.2 Å². The van der Waals surface area contributed by atoms with Crippen molar-refractivity contribution in [3.05, 3.63) is 59.2 Å². The predicted molar refractivity (Wildman–Crippen MR) is 90.1 cm³/mol. The Bertz CT molecular complexity index is 646. The van der Waals surface area contributed by atoms with Crippen LogP contribution in [-0.4, -0.2) is 31.9 Å². The number of benzene rings is 2. The van der Waals surface area contributed by atoms with Gasteiger partial charge in [0.2, 0.25) is 0 Å². The van der Waals surface area contributed by atoms with Gasteiger partial charge < -0.3 is 19.9 Å². The summed E-state index contributed by atoms with van der Waals surface area (Å²) in [7, 11) is 3.23. The summed E-state index contributed by atoms with van der Waals surface area (Å²) < 4.78 is 10.6. The fourth-order valence-electron chi connectivity index (χ4n) is 3.19. The molecule has 4 nitrogen and oxygen atoms in total. The van der Waals surface area contributed by atoms with Gasteiger partial charge in [-0.15, -0.1) is 0 Å². The quantitative estimate of drug-likeness (QED) is 0.860. The number of rotatable bonds is 6. The van der Waals surface area contributed by atoms with E-state index in [1.165, 1.54) is 11.1 Å². The van der Waals surface area contributed by atoms with E-state index in [9.17, 15) is 5.11 Å². The Labute approximate surface area is 137 Å². The number of hydrogen-bond donors (Lipinski definition) is 2. The minimum atomic E-state index is -0.635. The van der Waals surface area contributed by atoms with Gasteiger partial charge >= 0.3 is 0 Å². The molecule has 2 N–H and O–H groups in total. The van der Waals surface area contributed by atoms with Gasteiger partial charge in [-0.2, -0.15) is 0 Å². The number of methoxy groups -OCH3 is 2. The number of fused-ring (bicyclic) bond motifs is 1. The molecule has 0 saturated carbocycles. The molecule has 1 aliphatic rings. The lowest BCUT2D eigenvalue weighted by Crippen LogP contribution is -2.33. The van der Waals surface area contributed by atoms with Gasteiger partial charge in [-0.25, -0.2) is 0 Å². The molecule has 1 aliphatic carbocycles. The Morgan fingerprint density at radius 3 is 2.39 bits per heavy atom. The molecular formula is C19H23NO3. The topological polar surface area (TPSA) is 50.7 Å². The number of aliphatic hydroxyl groups is 1. The van der Waals surface area contributed by atoms with Crippen molar-refractivity contribution < 1.29 is 14.6 Å². The minimum Gasteiger partial charge on any atom is -0.497 e. The molecule has 3 rings (SSSR count). The van der Waals surface area contributed by atoms with E-state index in [-0.39, 0.29) is 0 Å². The van der Waals surface area contributed by atoms with Crippen LogP contribution in [0.1, 0.15) is 22.8 Å². The first-order chi connectivity index (χ1) is 11.2. The SMILES string of the molecule is COc1ccc(OC)c(C(O)CNC2Cc3ccccc3C2)c1. The highest BCUT2D eigenvalue weighted by atomic mass is 16.5. The molecule has 2 aromatic rings. The van der Waals surface area contributed by atoms with Crippen LogP contribution in [0.2, 0.25) is 0 Å². The molecule has 0 aliphatic heterocycles. The Balaban J connectivity index is 1.63. The fraction of sp³-hybridized carbons (Fsp3) is 0.368. The Kier molecular flexibility index (Phi) is 4.84. The fourth-order valence-corrected chi connectivity index (χ4v) is 3.19. The van der Waals surface area contributed by atoms with E-state index in [2.05, 4.69) is 29.6 Å². The summed E-state index contributed by atoms with van der Waals surface area (Å²) in [4.78, 5) is 0. The van der Waals surface area contributed by atoms with Crippen LogP contribution >= 0.6 is 0 Å². The third-order valence-corrected chi connectivity index (χ3v) is 4.45. The first-order valence-corrected chi connectivity index (χ1v) is 7.91. The maximum atomic E-state index is 10.5. The molecule has 23 heavy (non-hydrogen) atoms. The van der Waals surface area contributed by atoms with Crippen molar-refractivity contribution in [1.82, 2.24) is 5.32 Å². The zero-order chi connectivity index (χ0) is 16.2. The average Bonchev–Trinajstić information content (AvgIpc) is 3.02. The number of hydrogen-bond acceptors (Lipinski definition) is 4. The molecule has 0 fully saturated rings. The van der Waals surface area contributed by atoms with E-state index in [0.717, 1.165) is 18.4 Å². The summed E-state index contributed by atoms with van der Waals surface area (Å²) in [5.41, 5.74) is 3.55. The second-order valence-corrected chi connectivity index (χ2v) is 5.91. The lowest BCUT2D eigenvalue weighted by molar-refractivity contribution is 0.165. The Morgan fingerprint density at radius 1 is 1.09 bits per heavy atom. The normalized spacial score (nSPS) is 15.3. The second-order valence-electron chi connectivity index (χ2n) is 5.91. The molecule has 0 heterocycles. The molecule has 1 atom stereocenters. The van der Waals surface area contributed by atoms with Crippen molar-refractivity contribution in [2.45, 2.75) is 25.0 Å². The maximum absolute atomic E-state index is 10.5. The molecular weight excluding hydrogens is 290 g/mol. The molecule has 0 spiro atoms. The average molecular weight is 313 g/mol. The van der Waals surface area contributed by atoms with Gasteiger partial charge in [0.25, 0.3) is 0 Å². The summed E-state index contributed by atoms with van der Waals surface area (Å²) in [6.07, 6.45) is 1.39. The zero-order valence-corrected chi connectivity index (χ0v) is 13.6. The Hall–Kier alpha value is -2.04. The van der Waals surface area contributed by atoms with Crippen molar-refractivity contribution in [3.8, 4) is 11.5 Å². The van der Waals surface area contributed by atoms with Crippen molar-refractivity contribution >= 4 is 0 Å². The Morgan fingerprint density at radius 2 is 1.78 bits per heavy atom. The molecule has 0 radical (unpaired) electrons. The predicted octanol–water partition coefficient (Wildman–Crippen LogP) is 2.49. The minimum absolute atomic E-state index is 0.374. The van der Waals surface area contributed by atoms with Crippen LogP contribution in [0, 0.1) is 0 Å². The van der Waals surface area contributed by atoms with Gasteiger partial charge in [0.1, 0.15) is 11.5 Å². The molecule has 0 saturated heterocycles. The highest BCUT2D eigenvalue weighted by Gasteiger charge is 2.22. The summed E-state index contributed by atoms with van der Waals surface area (Å²) in [5, 5.41) is 14.0. The number of ether oxygens (including phenoxy) is 2. The van der Waals surface area contributed by atoms with Gasteiger partial charge in [0.05, 0.1) is 20.3 Å². The molecule has 0 bridgehead atoms. The third kappa shape index (κ3) is 3.49. The van der Waals surface area contributed by atoms with Gasteiger partial charge in [-0.05, 0) is 42.2 Å². The van der Waals surface area contributed by atoms with Crippen LogP contribution in [0.15, 0.2) is 42.5 Å². The van der Waals surface area contributed by atoms with E-state index in [1.54, 1.807) is 14.2 Å². The zero-order valence-electron chi connectivity index (χ0n) is 13.6. The standard InChI is InChI=1S/C19H23NO3/c1-22-16-7-8-19(23-2)17(11-16)18(21)12-20-15-9-13-5-3-4-6-14(13)10-15/h3-8,11,15,18,20-21H,9-10,12H2,1-2H3. The lowest BCUT2D eigenvalue weighted by Gasteiger charge is -2.19. The van der Waals surface area contributed by atoms with E-state index in [1.807, 2.05) is 18.2 Å². The highest BCUT2D eigenvalue weighted by molar-refractivity contribution is 5.42. The van der Waals surface area contributed by atoms with Crippen LogP contribution in [0.3, 0.4) is 0 Å². The van der Waals surface area contributed by atoms with Crippen molar-refractivity contribution in [3.63, 3.8) is 0 Å². The molecule has 4 heteroatoms. The van der Waals surface area contributed by atoms with E-state index in [4.69, 9.17) is 9.47 Å². The molecule has 122 valence electrons. The van der Waals surface area contributed by atoms with Crippen molar-refractivity contribution in [2.24, 2.45) is 0 Å². The summed E-state index contributed by atoms with van der Waals surface area (Å²) >= 11 is 0. The van der Waals surface area contributed by atoms with Gasteiger partial charge in [0.15, 0.2) is 0 Å².